The van der Waals surface area contributed by atoms with E-state index in [1.165, 1.54) is 30.8 Å². The zero-order valence-electron chi connectivity index (χ0n) is 30.3. The fourth-order valence-electron chi connectivity index (χ4n) is 6.32. The summed E-state index contributed by atoms with van der Waals surface area (Å²) in [6.07, 6.45) is 3.94. The number of aromatic nitrogens is 2. The Bertz CT molecular complexity index is 2170. The highest BCUT2D eigenvalue weighted by molar-refractivity contribution is 8.02. The third-order valence-electron chi connectivity index (χ3n) is 9.34. The van der Waals surface area contributed by atoms with E-state index in [1.807, 2.05) is 5.01 Å². The van der Waals surface area contributed by atoms with Gasteiger partial charge in [0.05, 0.1) is 38.5 Å². The highest BCUT2D eigenvalue weighted by Crippen LogP contribution is 2.39. The van der Waals surface area contributed by atoms with Gasteiger partial charge in [-0.2, -0.15) is 10.2 Å². The number of nitrogens with one attached hydrogen (secondary N) is 3. The molecule has 2 saturated heterocycles. The number of carbonyl (C=O) groups is 3. The van der Waals surface area contributed by atoms with Crippen molar-refractivity contribution >= 4 is 46.3 Å². The lowest BCUT2D eigenvalue weighted by Gasteiger charge is -2.34. The number of anilines is 1. The average molecular weight is 813 g/mol. The number of benzene rings is 3. The van der Waals surface area contributed by atoms with E-state index in [2.05, 4.69) is 26.4 Å². The van der Waals surface area contributed by atoms with Crippen molar-refractivity contribution in [3.63, 3.8) is 0 Å². The van der Waals surface area contributed by atoms with Crippen molar-refractivity contribution in [3.05, 3.63) is 89.0 Å². The minimum atomic E-state index is -1.67. The first-order valence-corrected chi connectivity index (χ1v) is 18.7. The molecule has 57 heavy (non-hydrogen) atoms. The quantitative estimate of drug-likeness (QED) is 0.130. The average Bonchev–Trinajstić information content (AvgIpc) is 3.21. The molecule has 0 spiro atoms. The lowest BCUT2D eigenvalue weighted by atomic mass is 9.98. The number of amides is 5. The predicted molar refractivity (Wildman–Crippen MR) is 198 cm³/mol. The van der Waals surface area contributed by atoms with Gasteiger partial charge in [0.15, 0.2) is 46.3 Å². The number of hydrogen-bond donors (Lipinski definition) is 3. The Hall–Kier alpha value is -5.86. The summed E-state index contributed by atoms with van der Waals surface area (Å²) in [6.45, 7) is 4.03. The van der Waals surface area contributed by atoms with E-state index in [0.717, 1.165) is 53.9 Å². The molecule has 15 nitrogen and oxygen atoms in total. The molecule has 4 aromatic rings. The van der Waals surface area contributed by atoms with Crippen molar-refractivity contribution in [2.24, 2.45) is 5.92 Å². The van der Waals surface area contributed by atoms with Gasteiger partial charge in [-0.15, -0.1) is 11.8 Å². The molecule has 0 radical (unpaired) electrons. The van der Waals surface area contributed by atoms with Gasteiger partial charge in [0.25, 0.3) is 5.91 Å². The Labute approximate surface area is 327 Å². The van der Waals surface area contributed by atoms with Crippen molar-refractivity contribution in [1.82, 2.24) is 36.0 Å². The first-order chi connectivity index (χ1) is 27.6. The third-order valence-corrected chi connectivity index (χ3v) is 10.4. The molecule has 20 heteroatoms. The SMILES string of the molecule is COc1cc2c(Oc3ccc(NC(=O)NN4C(=O)C=CSC4c4cc(F)c(F)c(F)c4)cc3F)cnnc2cc1OCC1CCN(C(=O)NN2CCOCC2)CC1. The fourth-order valence-corrected chi connectivity index (χ4v) is 7.24. The van der Waals surface area contributed by atoms with E-state index < -0.39 is 40.6 Å². The van der Waals surface area contributed by atoms with Crippen LogP contribution in [0.15, 0.2) is 60.1 Å². The third kappa shape index (κ3) is 9.24. The molecule has 3 aromatic carbocycles. The highest BCUT2D eigenvalue weighted by atomic mass is 32.2. The lowest BCUT2D eigenvalue weighted by Crippen LogP contribution is -2.54. The predicted octanol–water partition coefficient (Wildman–Crippen LogP) is 5.86. The number of ether oxygens (including phenoxy) is 4. The number of methoxy groups -OCH3 is 1. The second-order valence-electron chi connectivity index (χ2n) is 13.1. The van der Waals surface area contributed by atoms with Crippen LogP contribution >= 0.6 is 11.8 Å². The van der Waals surface area contributed by atoms with Crippen molar-refractivity contribution in [3.8, 4) is 23.0 Å². The van der Waals surface area contributed by atoms with E-state index in [9.17, 15) is 27.6 Å². The molecular weight excluding hydrogens is 777 g/mol. The molecule has 0 aliphatic carbocycles. The number of urea groups is 2. The number of likely N-dealkylation sites (tertiary alicyclic amines) is 1. The summed E-state index contributed by atoms with van der Waals surface area (Å²) < 4.78 is 79.8. The van der Waals surface area contributed by atoms with Crippen LogP contribution in [-0.2, 0) is 9.53 Å². The van der Waals surface area contributed by atoms with Crippen molar-refractivity contribution in [2.45, 2.75) is 18.2 Å². The normalized spacial score (nSPS) is 17.7. The number of carbonyl (C=O) groups excluding carboxylic acids is 3. The number of hydrogen-bond acceptors (Lipinski definition) is 11. The molecule has 3 N–H and O–H groups in total. The van der Waals surface area contributed by atoms with Crippen LogP contribution in [0, 0.1) is 29.2 Å². The maximum absolute atomic E-state index is 15.4. The molecule has 5 amide bonds. The molecule has 3 aliphatic rings. The largest absolute Gasteiger partial charge is 0.493 e. The standard InChI is InChI=1S/C37H36F4N8O7S/c1-53-30-17-24-28(18-31(30)55-20-21-4-7-47(8-5-21)37(52)46-48-9-11-54-12-10-48)44-42-19-32(24)56-29-3-2-23(16-25(29)38)43-36(51)45-49-33(50)6-13-57-35(49)22-14-26(39)34(41)27(40)15-22/h2-3,6,13-19,21,35H,4-5,7-12,20H2,1H3,(H,46,52)(H2,43,45,51). The van der Waals surface area contributed by atoms with Crippen molar-refractivity contribution in [2.75, 3.05) is 58.4 Å². The molecule has 7 rings (SSSR count). The van der Waals surface area contributed by atoms with E-state index in [-0.39, 0.29) is 34.7 Å². The van der Waals surface area contributed by atoms with E-state index in [4.69, 9.17) is 18.9 Å². The van der Waals surface area contributed by atoms with Gasteiger partial charge in [-0.05, 0) is 60.1 Å². The second-order valence-corrected chi connectivity index (χ2v) is 14.1. The number of rotatable bonds is 10. The Morgan fingerprint density at radius 1 is 0.912 bits per heavy atom. The summed E-state index contributed by atoms with van der Waals surface area (Å²) >= 11 is 0.931. The molecule has 0 saturated carbocycles. The zero-order chi connectivity index (χ0) is 40.1. The summed E-state index contributed by atoms with van der Waals surface area (Å²) in [5.41, 5.74) is 5.47. The minimum absolute atomic E-state index is 0.0245. The molecule has 2 fully saturated rings. The van der Waals surface area contributed by atoms with Gasteiger partial charge >= 0.3 is 12.1 Å². The number of halogens is 4. The van der Waals surface area contributed by atoms with Crippen LogP contribution in [0.5, 0.6) is 23.0 Å². The second kappa shape index (κ2) is 17.5. The first kappa shape index (κ1) is 39.4. The maximum Gasteiger partial charge on any atom is 0.338 e. The Kier molecular flexibility index (Phi) is 12.1. The smallest absolute Gasteiger partial charge is 0.338 e. The van der Waals surface area contributed by atoms with Crippen molar-refractivity contribution in [1.29, 1.82) is 0 Å². The topological polar surface area (TPSA) is 160 Å². The van der Waals surface area contributed by atoms with Gasteiger partial charge in [0.1, 0.15) is 10.9 Å². The van der Waals surface area contributed by atoms with Gasteiger partial charge in [0.2, 0.25) is 0 Å². The molecule has 1 atom stereocenters. The number of thioether (sulfide) groups is 1. The molecule has 1 aromatic heterocycles. The Morgan fingerprint density at radius 3 is 2.39 bits per heavy atom. The fraction of sp³-hybridized carbons (Fsp3) is 0.324. The van der Waals surface area contributed by atoms with Crippen LogP contribution in [0.2, 0.25) is 0 Å². The number of morpholine rings is 1. The van der Waals surface area contributed by atoms with Crippen LogP contribution in [-0.4, -0.2) is 96.2 Å². The van der Waals surface area contributed by atoms with E-state index in [1.54, 1.807) is 17.0 Å². The number of fused-ring (bicyclic) bond motifs is 1. The molecular formula is C37H36F4N8O7S. The van der Waals surface area contributed by atoms with Crippen LogP contribution in [0.4, 0.5) is 32.8 Å². The van der Waals surface area contributed by atoms with Gasteiger partial charge in [-0.3, -0.25) is 10.2 Å². The number of hydrazine groups is 2. The monoisotopic (exact) mass is 812 g/mol. The van der Waals surface area contributed by atoms with Crippen LogP contribution in [0.3, 0.4) is 0 Å². The van der Waals surface area contributed by atoms with Crippen LogP contribution < -0.4 is 30.4 Å². The van der Waals surface area contributed by atoms with Gasteiger partial charge in [0, 0.05) is 50.1 Å². The van der Waals surface area contributed by atoms with Crippen molar-refractivity contribution < 1.29 is 50.9 Å². The molecule has 0 bridgehead atoms. The maximum atomic E-state index is 15.4. The highest BCUT2D eigenvalue weighted by Gasteiger charge is 2.31. The lowest BCUT2D eigenvalue weighted by molar-refractivity contribution is -0.129. The zero-order valence-corrected chi connectivity index (χ0v) is 31.1. The van der Waals surface area contributed by atoms with Gasteiger partial charge < -0.3 is 29.2 Å². The molecule has 1 unspecified atom stereocenters. The first-order valence-electron chi connectivity index (χ1n) is 17.8. The van der Waals surface area contributed by atoms with Crippen LogP contribution in [0.1, 0.15) is 23.8 Å². The van der Waals surface area contributed by atoms with E-state index in [0.29, 0.717) is 68.4 Å². The summed E-state index contributed by atoms with van der Waals surface area (Å²) in [4.78, 5) is 40.0. The summed E-state index contributed by atoms with van der Waals surface area (Å²) in [5, 5.41) is 13.9. The Morgan fingerprint density at radius 2 is 1.67 bits per heavy atom. The van der Waals surface area contributed by atoms with Gasteiger partial charge in [-0.25, -0.2) is 42.6 Å². The number of nitrogens with zero attached hydrogens (tertiary/aromatic N) is 5. The Balaban J connectivity index is 0.962. The van der Waals surface area contributed by atoms with Crippen LogP contribution in [0.25, 0.3) is 10.9 Å². The molecule has 3 aliphatic heterocycles. The van der Waals surface area contributed by atoms with Gasteiger partial charge in [-0.1, -0.05) is 0 Å². The molecule has 300 valence electrons. The number of piperidine rings is 1. The summed E-state index contributed by atoms with van der Waals surface area (Å²) in [7, 11) is 1.48. The molecule has 4 heterocycles. The summed E-state index contributed by atoms with van der Waals surface area (Å²) in [6, 6.07) is 7.22. The minimum Gasteiger partial charge on any atom is -0.493 e. The summed E-state index contributed by atoms with van der Waals surface area (Å²) in [5.74, 6) is -5.25. The van der Waals surface area contributed by atoms with E-state index >= 15 is 4.39 Å².